The molecule has 0 N–H and O–H groups in total. The molecule has 0 aliphatic rings. The molecule has 12 nitrogen and oxygen atoms in total. The van der Waals surface area contributed by atoms with Gasteiger partial charge in [0.1, 0.15) is 37.1 Å². The molecule has 0 radical (unpaired) electrons. The lowest BCUT2D eigenvalue weighted by molar-refractivity contribution is 0.0992. The van der Waals surface area contributed by atoms with Crippen molar-refractivity contribution in [3.05, 3.63) is 54.6 Å². The van der Waals surface area contributed by atoms with Gasteiger partial charge in [0, 0.05) is 38.0 Å². The second kappa shape index (κ2) is 25.7. The summed E-state index contributed by atoms with van der Waals surface area (Å²) in [5.41, 5.74) is 0. The average molecular weight is 729 g/mol. The maximum atomic E-state index is 6.31. The second-order valence-corrected chi connectivity index (χ2v) is 11.1. The van der Waals surface area contributed by atoms with Crippen LogP contribution in [0.25, 0.3) is 0 Å². The molecule has 288 valence electrons. The topological polar surface area (TPSA) is 111 Å². The van der Waals surface area contributed by atoms with Crippen molar-refractivity contribution in [2.45, 2.75) is 60.8 Å². The van der Waals surface area contributed by atoms with E-state index in [-0.39, 0.29) is 0 Å². The standard InChI is InChI=1S/C39H57BO12/c1-7-19-41-22-25-47-34-16-13-31(28-37(34)44-10-4)50-40(51-32-14-17-35(38(29-32)45-11-5)48-26-23-42-20-8-2)52-33-15-18-36(39(30-33)46-12-6)49-27-24-43-21-9-3/h13-18,28-30H,7-12,19-27H2,1-6H3. The summed E-state index contributed by atoms with van der Waals surface area (Å²) in [5, 5.41) is 0. The third-order valence-electron chi connectivity index (χ3n) is 6.84. The van der Waals surface area contributed by atoms with Gasteiger partial charge >= 0.3 is 7.32 Å². The summed E-state index contributed by atoms with van der Waals surface area (Å²) in [4.78, 5) is 0. The Labute approximate surface area is 309 Å². The summed E-state index contributed by atoms with van der Waals surface area (Å²) >= 11 is 0. The minimum absolute atomic E-state index is 0.385. The Kier molecular flexibility index (Phi) is 20.9. The summed E-state index contributed by atoms with van der Waals surface area (Å²) < 4.78 is 71.1. The van der Waals surface area contributed by atoms with Gasteiger partial charge in [0.05, 0.1) is 39.6 Å². The Morgan fingerprint density at radius 2 is 0.654 bits per heavy atom. The van der Waals surface area contributed by atoms with Crippen LogP contribution in [-0.2, 0) is 14.2 Å². The number of ether oxygens (including phenoxy) is 9. The van der Waals surface area contributed by atoms with E-state index in [9.17, 15) is 0 Å². The van der Waals surface area contributed by atoms with Gasteiger partial charge in [-0.05, 0) is 76.4 Å². The Morgan fingerprint density at radius 3 is 0.923 bits per heavy atom. The molecule has 3 rings (SSSR count). The predicted octanol–water partition coefficient (Wildman–Crippen LogP) is 7.82. The van der Waals surface area contributed by atoms with Crippen molar-refractivity contribution in [2.75, 3.05) is 79.3 Å². The molecule has 0 saturated heterocycles. The fourth-order valence-electron chi connectivity index (χ4n) is 4.62. The van der Waals surface area contributed by atoms with Gasteiger partial charge in [-0.1, -0.05) is 20.8 Å². The zero-order valence-corrected chi connectivity index (χ0v) is 31.8. The maximum absolute atomic E-state index is 6.31. The normalized spacial score (nSPS) is 10.7. The highest BCUT2D eigenvalue weighted by Crippen LogP contribution is 2.36. The Hall–Kier alpha value is -4.20. The maximum Gasteiger partial charge on any atom is 0.864 e. The van der Waals surface area contributed by atoms with Crippen molar-refractivity contribution < 1.29 is 56.6 Å². The van der Waals surface area contributed by atoms with Crippen LogP contribution in [-0.4, -0.2) is 86.6 Å². The van der Waals surface area contributed by atoms with Gasteiger partial charge in [-0.2, -0.15) is 0 Å². The van der Waals surface area contributed by atoms with Gasteiger partial charge < -0.3 is 56.6 Å². The Morgan fingerprint density at radius 1 is 0.346 bits per heavy atom. The largest absolute Gasteiger partial charge is 0.864 e. The van der Waals surface area contributed by atoms with E-state index in [1.54, 1.807) is 54.6 Å². The Bertz CT molecular complexity index is 1230. The first-order valence-corrected chi connectivity index (χ1v) is 18.5. The molecule has 0 heterocycles. The monoisotopic (exact) mass is 728 g/mol. The van der Waals surface area contributed by atoms with Crippen molar-refractivity contribution in [1.29, 1.82) is 0 Å². The van der Waals surface area contributed by atoms with Crippen molar-refractivity contribution in [1.82, 2.24) is 0 Å². The van der Waals surface area contributed by atoms with Gasteiger partial charge in [-0.15, -0.1) is 0 Å². The van der Waals surface area contributed by atoms with Crippen LogP contribution in [0.4, 0.5) is 0 Å². The van der Waals surface area contributed by atoms with Crippen LogP contribution in [0, 0.1) is 0 Å². The molecule has 3 aromatic rings. The van der Waals surface area contributed by atoms with Gasteiger partial charge in [0.2, 0.25) is 0 Å². The zero-order valence-electron chi connectivity index (χ0n) is 31.8. The van der Waals surface area contributed by atoms with Crippen molar-refractivity contribution >= 4 is 7.32 Å². The Balaban J connectivity index is 1.86. The third kappa shape index (κ3) is 15.6. The average Bonchev–Trinajstić information content (AvgIpc) is 3.14. The SMILES string of the molecule is CCCOCCOc1ccc(OB(Oc2ccc(OCCOCCC)c(OCC)c2)Oc2ccc(OCCOCCC)c(OCC)c2)cc1OCC. The quantitative estimate of drug-likeness (QED) is 0.0493. The molecule has 3 aromatic carbocycles. The van der Waals surface area contributed by atoms with Crippen LogP contribution in [0.5, 0.6) is 51.7 Å². The summed E-state index contributed by atoms with van der Waals surface area (Å²) in [5.74, 6) is 4.54. The fourth-order valence-corrected chi connectivity index (χ4v) is 4.62. The van der Waals surface area contributed by atoms with Gasteiger partial charge in [0.25, 0.3) is 0 Å². The molecule has 0 aromatic heterocycles. The van der Waals surface area contributed by atoms with Gasteiger partial charge in [-0.25, -0.2) is 0 Å². The third-order valence-corrected chi connectivity index (χ3v) is 6.84. The van der Waals surface area contributed by atoms with Crippen molar-refractivity contribution in [3.8, 4) is 51.7 Å². The lowest BCUT2D eigenvalue weighted by Gasteiger charge is -2.20. The van der Waals surface area contributed by atoms with E-state index in [2.05, 4.69) is 20.8 Å². The smallest absolute Gasteiger partial charge is 0.490 e. The first-order valence-electron chi connectivity index (χ1n) is 18.5. The minimum Gasteiger partial charge on any atom is -0.490 e. The van der Waals surface area contributed by atoms with E-state index in [4.69, 9.17) is 56.6 Å². The lowest BCUT2D eigenvalue weighted by atomic mass is 10.1. The van der Waals surface area contributed by atoms with Crippen molar-refractivity contribution in [3.63, 3.8) is 0 Å². The highest BCUT2D eigenvalue weighted by Gasteiger charge is 2.32. The van der Waals surface area contributed by atoms with E-state index in [0.717, 1.165) is 19.3 Å². The van der Waals surface area contributed by atoms with E-state index < -0.39 is 7.32 Å². The van der Waals surface area contributed by atoms with E-state index in [1.165, 1.54) is 0 Å². The molecule has 0 bridgehead atoms. The first kappa shape index (κ1) is 42.2. The predicted molar refractivity (Wildman–Crippen MR) is 200 cm³/mol. The number of hydrogen-bond acceptors (Lipinski definition) is 12. The molecule has 52 heavy (non-hydrogen) atoms. The molecule has 13 heteroatoms. The zero-order chi connectivity index (χ0) is 37.2. The molecule has 0 aliphatic heterocycles. The summed E-state index contributed by atoms with van der Waals surface area (Å²) in [6.07, 6.45) is 2.83. The first-order chi connectivity index (χ1) is 25.5. The summed E-state index contributed by atoms with van der Waals surface area (Å²) in [6, 6.07) is 15.8. The fraction of sp³-hybridized carbons (Fsp3) is 0.538. The van der Waals surface area contributed by atoms with E-state index in [0.29, 0.717) is 131 Å². The molecule has 0 amide bonds. The summed E-state index contributed by atoms with van der Waals surface area (Å²) in [7, 11) is -1.25. The molecule has 0 unspecified atom stereocenters. The minimum atomic E-state index is -1.25. The highest BCUT2D eigenvalue weighted by atomic mass is 16.7. The van der Waals surface area contributed by atoms with Gasteiger partial charge in [0.15, 0.2) is 34.5 Å². The molecule has 0 aliphatic carbocycles. The molecular weight excluding hydrogens is 671 g/mol. The molecular formula is C39H57BO12. The van der Waals surface area contributed by atoms with Crippen LogP contribution in [0.2, 0.25) is 0 Å². The van der Waals surface area contributed by atoms with Crippen LogP contribution in [0.1, 0.15) is 60.8 Å². The van der Waals surface area contributed by atoms with Crippen LogP contribution >= 0.6 is 0 Å². The highest BCUT2D eigenvalue weighted by molar-refractivity contribution is 6.39. The number of benzene rings is 3. The molecule has 0 fully saturated rings. The molecule has 0 atom stereocenters. The number of hydrogen-bond donors (Lipinski definition) is 0. The van der Waals surface area contributed by atoms with Crippen molar-refractivity contribution in [2.24, 2.45) is 0 Å². The van der Waals surface area contributed by atoms with Crippen LogP contribution < -0.4 is 42.4 Å². The molecule has 0 spiro atoms. The second-order valence-electron chi connectivity index (χ2n) is 11.1. The lowest BCUT2D eigenvalue weighted by Crippen LogP contribution is -2.37. The van der Waals surface area contributed by atoms with E-state index in [1.807, 2.05) is 20.8 Å². The van der Waals surface area contributed by atoms with Gasteiger partial charge in [-0.3, -0.25) is 0 Å². The summed E-state index contributed by atoms with van der Waals surface area (Å²) in [6.45, 7) is 17.8. The van der Waals surface area contributed by atoms with Crippen LogP contribution in [0.3, 0.4) is 0 Å². The number of rotatable bonds is 30. The molecule has 0 saturated carbocycles. The van der Waals surface area contributed by atoms with Crippen LogP contribution in [0.15, 0.2) is 54.6 Å². The van der Waals surface area contributed by atoms with E-state index >= 15 is 0 Å².